The van der Waals surface area contributed by atoms with Crippen LogP contribution in [-0.4, -0.2) is 24.9 Å². The van der Waals surface area contributed by atoms with Gasteiger partial charge in [-0.05, 0) is 47.5 Å². The van der Waals surface area contributed by atoms with Gasteiger partial charge in [0.2, 0.25) is 0 Å². The van der Waals surface area contributed by atoms with Crippen molar-refractivity contribution in [1.82, 2.24) is 4.90 Å². The van der Waals surface area contributed by atoms with E-state index in [9.17, 15) is 4.79 Å². The first kappa shape index (κ1) is 14.4. The Hall–Kier alpha value is -2.01. The zero-order valence-corrected chi connectivity index (χ0v) is 12.7. The van der Waals surface area contributed by atoms with Gasteiger partial charge in [0.15, 0.2) is 0 Å². The molecule has 5 heteroatoms. The summed E-state index contributed by atoms with van der Waals surface area (Å²) < 4.78 is 0. The van der Waals surface area contributed by atoms with Crippen molar-refractivity contribution in [2.45, 2.75) is 13.0 Å². The molecular formula is C15H19N3OS. The van der Waals surface area contributed by atoms with E-state index in [4.69, 9.17) is 5.73 Å². The molecule has 1 aromatic heterocycles. The Morgan fingerprint density at radius 1 is 1.35 bits per heavy atom. The van der Waals surface area contributed by atoms with Gasteiger partial charge in [0, 0.05) is 25.7 Å². The monoisotopic (exact) mass is 289 g/mol. The van der Waals surface area contributed by atoms with Gasteiger partial charge < -0.3 is 16.0 Å². The maximum Gasteiger partial charge on any atom is 0.253 e. The fourth-order valence-corrected chi connectivity index (χ4v) is 2.66. The minimum atomic E-state index is -0.0313. The highest BCUT2D eigenvalue weighted by atomic mass is 32.1. The van der Waals surface area contributed by atoms with E-state index in [1.807, 2.05) is 5.38 Å². The number of nitrogens with zero attached hydrogens (tertiary/aromatic N) is 1. The third-order valence-electron chi connectivity index (χ3n) is 3.12. The van der Waals surface area contributed by atoms with Crippen molar-refractivity contribution in [3.63, 3.8) is 0 Å². The van der Waals surface area contributed by atoms with Gasteiger partial charge in [-0.3, -0.25) is 4.79 Å². The van der Waals surface area contributed by atoms with Crippen molar-refractivity contribution in [3.8, 4) is 0 Å². The summed E-state index contributed by atoms with van der Waals surface area (Å²) in [6.07, 6.45) is 0. The molecule has 0 aliphatic rings. The predicted molar refractivity (Wildman–Crippen MR) is 85.2 cm³/mol. The summed E-state index contributed by atoms with van der Waals surface area (Å²) in [6.45, 7) is 2.07. The van der Waals surface area contributed by atoms with Gasteiger partial charge in [-0.15, -0.1) is 0 Å². The van der Waals surface area contributed by atoms with Crippen LogP contribution in [-0.2, 0) is 0 Å². The number of carbonyl (C=O) groups is 1. The fraction of sp³-hybridized carbons (Fsp3) is 0.267. The second-order valence-corrected chi connectivity index (χ2v) is 5.70. The van der Waals surface area contributed by atoms with Gasteiger partial charge in [-0.1, -0.05) is 0 Å². The van der Waals surface area contributed by atoms with E-state index in [1.165, 1.54) is 5.56 Å². The topological polar surface area (TPSA) is 58.4 Å². The summed E-state index contributed by atoms with van der Waals surface area (Å²) in [5, 5.41) is 7.50. The highest BCUT2D eigenvalue weighted by Crippen LogP contribution is 2.26. The van der Waals surface area contributed by atoms with Crippen LogP contribution in [0.25, 0.3) is 0 Å². The molecule has 0 saturated carbocycles. The molecule has 0 saturated heterocycles. The van der Waals surface area contributed by atoms with Gasteiger partial charge in [-0.2, -0.15) is 11.3 Å². The Labute approximate surface area is 123 Å². The van der Waals surface area contributed by atoms with Gasteiger partial charge in [-0.25, -0.2) is 0 Å². The molecule has 0 radical (unpaired) electrons. The largest absolute Gasteiger partial charge is 0.397 e. The summed E-state index contributed by atoms with van der Waals surface area (Å²) in [7, 11) is 3.47. The summed E-state index contributed by atoms with van der Waals surface area (Å²) in [5.74, 6) is -0.0313. The van der Waals surface area contributed by atoms with E-state index in [0.29, 0.717) is 11.3 Å². The molecular weight excluding hydrogens is 270 g/mol. The Bertz CT molecular complexity index is 593. The highest BCUT2D eigenvalue weighted by Gasteiger charge is 2.12. The number of anilines is 2. The van der Waals surface area contributed by atoms with E-state index in [-0.39, 0.29) is 11.9 Å². The summed E-state index contributed by atoms with van der Waals surface area (Å²) in [5.41, 5.74) is 9.25. The van der Waals surface area contributed by atoms with E-state index in [0.717, 1.165) is 5.69 Å². The Morgan fingerprint density at radius 2 is 2.10 bits per heavy atom. The van der Waals surface area contributed by atoms with Crippen LogP contribution in [0, 0.1) is 0 Å². The molecule has 3 N–H and O–H groups in total. The van der Waals surface area contributed by atoms with Crippen LogP contribution in [0.1, 0.15) is 28.9 Å². The number of nitrogens with two attached hydrogens (primary N) is 1. The molecule has 1 heterocycles. The Morgan fingerprint density at radius 3 is 2.70 bits per heavy atom. The third-order valence-corrected chi connectivity index (χ3v) is 3.82. The number of carbonyl (C=O) groups excluding carboxylic acids is 1. The quantitative estimate of drug-likeness (QED) is 0.850. The lowest BCUT2D eigenvalue weighted by atomic mass is 10.1. The summed E-state index contributed by atoms with van der Waals surface area (Å²) in [6, 6.07) is 7.54. The SMILES string of the molecule is CC(Nc1cc(C(=O)N(C)C)ccc1N)c1ccsc1. The molecule has 0 bridgehead atoms. The number of hydrogen-bond acceptors (Lipinski definition) is 4. The zero-order valence-electron chi connectivity index (χ0n) is 11.9. The number of nitrogen functional groups attached to an aromatic ring is 1. The molecule has 2 aromatic rings. The summed E-state index contributed by atoms with van der Waals surface area (Å²) in [4.78, 5) is 13.5. The predicted octanol–water partition coefficient (Wildman–Crippen LogP) is 3.21. The van der Waals surface area contributed by atoms with Crippen molar-refractivity contribution < 1.29 is 4.79 Å². The second-order valence-electron chi connectivity index (χ2n) is 4.92. The molecule has 0 fully saturated rings. The lowest BCUT2D eigenvalue weighted by Crippen LogP contribution is -2.22. The maximum atomic E-state index is 12.0. The van der Waals surface area contributed by atoms with Gasteiger partial charge in [0.25, 0.3) is 5.91 Å². The lowest BCUT2D eigenvalue weighted by Gasteiger charge is -2.17. The van der Waals surface area contributed by atoms with Crippen LogP contribution in [0.3, 0.4) is 0 Å². The van der Waals surface area contributed by atoms with Crippen LogP contribution in [0.15, 0.2) is 35.0 Å². The van der Waals surface area contributed by atoms with Crippen molar-refractivity contribution in [2.75, 3.05) is 25.1 Å². The number of benzene rings is 1. The van der Waals surface area contributed by atoms with Crippen molar-refractivity contribution in [2.24, 2.45) is 0 Å². The minimum Gasteiger partial charge on any atom is -0.397 e. The molecule has 1 atom stereocenters. The van der Waals surface area contributed by atoms with Gasteiger partial charge >= 0.3 is 0 Å². The van der Waals surface area contributed by atoms with Crippen molar-refractivity contribution >= 4 is 28.6 Å². The molecule has 106 valence electrons. The number of nitrogens with one attached hydrogen (secondary N) is 1. The Balaban J connectivity index is 2.23. The zero-order chi connectivity index (χ0) is 14.7. The molecule has 1 unspecified atom stereocenters. The molecule has 1 aromatic carbocycles. The maximum absolute atomic E-state index is 12.0. The van der Waals surface area contributed by atoms with Crippen LogP contribution in [0.5, 0.6) is 0 Å². The van der Waals surface area contributed by atoms with E-state index < -0.39 is 0 Å². The molecule has 4 nitrogen and oxygen atoms in total. The Kier molecular flexibility index (Phi) is 4.29. The van der Waals surface area contributed by atoms with E-state index in [1.54, 1.807) is 48.5 Å². The van der Waals surface area contributed by atoms with Crippen LogP contribution >= 0.6 is 11.3 Å². The molecule has 1 amide bonds. The number of rotatable bonds is 4. The first-order chi connectivity index (χ1) is 9.49. The molecule has 20 heavy (non-hydrogen) atoms. The van der Waals surface area contributed by atoms with Crippen molar-refractivity contribution in [1.29, 1.82) is 0 Å². The average Bonchev–Trinajstić information content (AvgIpc) is 2.94. The molecule has 0 spiro atoms. The minimum absolute atomic E-state index is 0.0313. The standard InChI is InChI=1S/C15H19N3OS/c1-10(12-6-7-20-9-12)17-14-8-11(4-5-13(14)16)15(19)18(2)3/h4-10,17H,16H2,1-3H3. The highest BCUT2D eigenvalue weighted by molar-refractivity contribution is 7.08. The van der Waals surface area contributed by atoms with Crippen LogP contribution < -0.4 is 11.1 Å². The average molecular weight is 289 g/mol. The lowest BCUT2D eigenvalue weighted by molar-refractivity contribution is 0.0827. The molecule has 2 rings (SSSR count). The number of hydrogen-bond donors (Lipinski definition) is 2. The smallest absolute Gasteiger partial charge is 0.253 e. The van der Waals surface area contributed by atoms with Crippen LogP contribution in [0.4, 0.5) is 11.4 Å². The molecule has 0 aliphatic carbocycles. The van der Waals surface area contributed by atoms with Crippen molar-refractivity contribution in [3.05, 3.63) is 46.2 Å². The number of amides is 1. The second kappa shape index (κ2) is 5.96. The first-order valence-corrected chi connectivity index (χ1v) is 7.33. The van der Waals surface area contributed by atoms with Gasteiger partial charge in [0.1, 0.15) is 0 Å². The third kappa shape index (κ3) is 3.11. The van der Waals surface area contributed by atoms with Gasteiger partial charge in [0.05, 0.1) is 11.4 Å². The number of thiophene rings is 1. The fourth-order valence-electron chi connectivity index (χ4n) is 1.91. The van der Waals surface area contributed by atoms with E-state index in [2.05, 4.69) is 23.7 Å². The molecule has 0 aliphatic heterocycles. The summed E-state index contributed by atoms with van der Waals surface area (Å²) >= 11 is 1.66. The van der Waals surface area contributed by atoms with E-state index >= 15 is 0 Å². The normalized spacial score (nSPS) is 11.9. The first-order valence-electron chi connectivity index (χ1n) is 6.39. The van der Waals surface area contributed by atoms with Crippen LogP contribution in [0.2, 0.25) is 0 Å².